The molecule has 0 atom stereocenters. The Hall–Kier alpha value is -1.16. The fraction of sp³-hybridized carbons (Fsp3) is 0.692. The Bertz CT molecular complexity index is 292. The minimum absolute atomic E-state index is 0.00417. The van der Waals surface area contributed by atoms with Gasteiger partial charge in [0.05, 0.1) is 6.61 Å². The highest BCUT2D eigenvalue weighted by Crippen LogP contribution is 2.10. The number of anilines is 1. The van der Waals surface area contributed by atoms with Gasteiger partial charge >= 0.3 is 0 Å². The highest BCUT2D eigenvalue weighted by atomic mass is 16.3. The van der Waals surface area contributed by atoms with Gasteiger partial charge in [-0.1, -0.05) is 26.7 Å². The van der Waals surface area contributed by atoms with Crippen LogP contribution in [0.5, 0.6) is 0 Å². The van der Waals surface area contributed by atoms with Gasteiger partial charge in [0.1, 0.15) is 0 Å². The Morgan fingerprint density at radius 1 is 1.06 bits per heavy atom. The molecule has 0 unspecified atom stereocenters. The maximum atomic E-state index is 8.96. The average molecular weight is 237 g/mol. The number of hydrogen-bond donors (Lipinski definition) is 1. The lowest BCUT2D eigenvalue weighted by atomic mass is 10.3. The normalized spacial score (nSPS) is 10.5. The molecule has 0 aliphatic rings. The molecule has 0 amide bonds. The van der Waals surface area contributed by atoms with E-state index >= 15 is 0 Å². The van der Waals surface area contributed by atoms with Crippen LogP contribution in [-0.4, -0.2) is 28.2 Å². The molecule has 1 aromatic heterocycles. The number of aliphatic hydroxyl groups excluding tert-OH is 1. The standard InChI is InChI=1S/C13H23N3O/c1-3-5-7-16(8-6-4-2)13-14-9-12(11-17)10-15-13/h9-10,17H,3-8,11H2,1-2H3. The third-order valence-corrected chi connectivity index (χ3v) is 2.72. The van der Waals surface area contributed by atoms with E-state index in [-0.39, 0.29) is 6.61 Å². The van der Waals surface area contributed by atoms with E-state index in [2.05, 4.69) is 28.7 Å². The van der Waals surface area contributed by atoms with Gasteiger partial charge in [-0.2, -0.15) is 0 Å². The summed E-state index contributed by atoms with van der Waals surface area (Å²) in [6, 6.07) is 0. The first-order valence-corrected chi connectivity index (χ1v) is 6.48. The summed E-state index contributed by atoms with van der Waals surface area (Å²) in [7, 11) is 0. The van der Waals surface area contributed by atoms with Crippen molar-refractivity contribution in [2.75, 3.05) is 18.0 Å². The molecule has 1 aromatic rings. The molecule has 1 N–H and O–H groups in total. The molecular weight excluding hydrogens is 214 g/mol. The summed E-state index contributed by atoms with van der Waals surface area (Å²) in [4.78, 5) is 10.9. The first kappa shape index (κ1) is 13.9. The van der Waals surface area contributed by atoms with E-state index < -0.39 is 0 Å². The van der Waals surface area contributed by atoms with E-state index in [1.165, 1.54) is 12.8 Å². The quantitative estimate of drug-likeness (QED) is 0.754. The Morgan fingerprint density at radius 3 is 2.00 bits per heavy atom. The molecule has 0 radical (unpaired) electrons. The third-order valence-electron chi connectivity index (χ3n) is 2.72. The summed E-state index contributed by atoms with van der Waals surface area (Å²) in [5.74, 6) is 0.782. The first-order chi connectivity index (χ1) is 8.31. The second-order valence-corrected chi connectivity index (χ2v) is 4.24. The lowest BCUT2D eigenvalue weighted by molar-refractivity contribution is 0.281. The van der Waals surface area contributed by atoms with Gasteiger partial charge in [0.15, 0.2) is 0 Å². The predicted molar refractivity (Wildman–Crippen MR) is 70.0 cm³/mol. The lowest BCUT2D eigenvalue weighted by Gasteiger charge is -2.22. The molecule has 0 saturated carbocycles. The second kappa shape index (κ2) is 8.01. The molecule has 96 valence electrons. The third kappa shape index (κ3) is 4.69. The highest BCUT2D eigenvalue weighted by Gasteiger charge is 2.08. The van der Waals surface area contributed by atoms with Crippen LogP contribution in [0.1, 0.15) is 45.1 Å². The topological polar surface area (TPSA) is 49.2 Å². The van der Waals surface area contributed by atoms with Gasteiger partial charge in [0.25, 0.3) is 0 Å². The Morgan fingerprint density at radius 2 is 1.59 bits per heavy atom. The number of nitrogens with zero attached hydrogens (tertiary/aromatic N) is 3. The summed E-state index contributed by atoms with van der Waals surface area (Å²) in [5, 5.41) is 8.96. The zero-order valence-electron chi connectivity index (χ0n) is 10.9. The van der Waals surface area contributed by atoms with Crippen molar-refractivity contribution >= 4 is 5.95 Å². The number of unbranched alkanes of at least 4 members (excludes halogenated alkanes) is 2. The summed E-state index contributed by atoms with van der Waals surface area (Å²) >= 11 is 0. The fourth-order valence-electron chi connectivity index (χ4n) is 1.60. The fourth-order valence-corrected chi connectivity index (χ4v) is 1.60. The van der Waals surface area contributed by atoms with Crippen LogP contribution in [-0.2, 0) is 6.61 Å². The summed E-state index contributed by atoms with van der Waals surface area (Å²) in [5.41, 5.74) is 0.764. The van der Waals surface area contributed by atoms with Crippen molar-refractivity contribution in [1.82, 2.24) is 9.97 Å². The van der Waals surface area contributed by atoms with Crippen LogP contribution in [0.3, 0.4) is 0 Å². The van der Waals surface area contributed by atoms with E-state index in [1.807, 2.05) is 0 Å². The molecule has 0 aromatic carbocycles. The summed E-state index contributed by atoms with van der Waals surface area (Å²) in [6.45, 7) is 6.40. The molecule has 17 heavy (non-hydrogen) atoms. The molecule has 0 spiro atoms. The van der Waals surface area contributed by atoms with Crippen LogP contribution in [0, 0.1) is 0 Å². The summed E-state index contributed by atoms with van der Waals surface area (Å²) < 4.78 is 0. The maximum Gasteiger partial charge on any atom is 0.225 e. The van der Waals surface area contributed by atoms with Crippen molar-refractivity contribution in [3.63, 3.8) is 0 Å². The molecule has 0 fully saturated rings. The van der Waals surface area contributed by atoms with Crippen molar-refractivity contribution in [1.29, 1.82) is 0 Å². The Labute approximate surface area is 104 Å². The molecule has 0 bridgehead atoms. The van der Waals surface area contributed by atoms with Crippen LogP contribution in [0.4, 0.5) is 5.95 Å². The Kier molecular flexibility index (Phi) is 6.55. The SMILES string of the molecule is CCCCN(CCCC)c1ncc(CO)cn1. The second-order valence-electron chi connectivity index (χ2n) is 4.24. The minimum atomic E-state index is 0.00417. The van der Waals surface area contributed by atoms with Gasteiger partial charge in [-0.25, -0.2) is 9.97 Å². The smallest absolute Gasteiger partial charge is 0.225 e. The van der Waals surface area contributed by atoms with Crippen molar-refractivity contribution in [3.05, 3.63) is 18.0 Å². The van der Waals surface area contributed by atoms with Crippen molar-refractivity contribution in [3.8, 4) is 0 Å². The van der Waals surface area contributed by atoms with E-state index in [0.29, 0.717) is 0 Å². The van der Waals surface area contributed by atoms with Gasteiger partial charge < -0.3 is 10.0 Å². The molecule has 0 saturated heterocycles. The van der Waals surface area contributed by atoms with Crippen LogP contribution < -0.4 is 4.90 Å². The van der Waals surface area contributed by atoms with Crippen LogP contribution in [0.2, 0.25) is 0 Å². The number of rotatable bonds is 8. The largest absolute Gasteiger partial charge is 0.392 e. The molecule has 0 aliphatic heterocycles. The Balaban J connectivity index is 2.65. The van der Waals surface area contributed by atoms with Gasteiger partial charge in [0.2, 0.25) is 5.95 Å². The number of hydrogen-bond acceptors (Lipinski definition) is 4. The van der Waals surface area contributed by atoms with E-state index in [9.17, 15) is 0 Å². The molecule has 4 nitrogen and oxygen atoms in total. The van der Waals surface area contributed by atoms with Crippen molar-refractivity contribution in [2.45, 2.75) is 46.1 Å². The van der Waals surface area contributed by atoms with Gasteiger partial charge in [0, 0.05) is 31.0 Å². The van der Waals surface area contributed by atoms with E-state index in [0.717, 1.165) is 37.4 Å². The van der Waals surface area contributed by atoms with Crippen LogP contribution >= 0.6 is 0 Å². The lowest BCUT2D eigenvalue weighted by Crippen LogP contribution is -2.27. The highest BCUT2D eigenvalue weighted by molar-refractivity contribution is 5.29. The van der Waals surface area contributed by atoms with Crippen molar-refractivity contribution < 1.29 is 5.11 Å². The molecule has 1 heterocycles. The van der Waals surface area contributed by atoms with E-state index in [1.54, 1.807) is 12.4 Å². The summed E-state index contributed by atoms with van der Waals surface area (Å²) in [6.07, 6.45) is 8.08. The molecular formula is C13H23N3O. The monoisotopic (exact) mass is 237 g/mol. The van der Waals surface area contributed by atoms with Gasteiger partial charge in [-0.3, -0.25) is 0 Å². The average Bonchev–Trinajstić information content (AvgIpc) is 2.39. The first-order valence-electron chi connectivity index (χ1n) is 6.48. The van der Waals surface area contributed by atoms with Gasteiger partial charge in [-0.15, -0.1) is 0 Å². The number of aromatic nitrogens is 2. The minimum Gasteiger partial charge on any atom is -0.392 e. The molecule has 4 heteroatoms. The van der Waals surface area contributed by atoms with Crippen LogP contribution in [0.15, 0.2) is 12.4 Å². The zero-order valence-corrected chi connectivity index (χ0v) is 10.9. The molecule has 1 rings (SSSR count). The van der Waals surface area contributed by atoms with Crippen LogP contribution in [0.25, 0.3) is 0 Å². The van der Waals surface area contributed by atoms with Gasteiger partial charge in [-0.05, 0) is 12.8 Å². The maximum absolute atomic E-state index is 8.96. The number of aliphatic hydroxyl groups is 1. The van der Waals surface area contributed by atoms with Crippen molar-refractivity contribution in [2.24, 2.45) is 0 Å². The predicted octanol–water partition coefficient (Wildman–Crippen LogP) is 2.38. The molecule has 0 aliphatic carbocycles. The zero-order chi connectivity index (χ0) is 12.5. The van der Waals surface area contributed by atoms with E-state index in [4.69, 9.17) is 5.11 Å².